The summed E-state index contributed by atoms with van der Waals surface area (Å²) < 4.78 is 32.8. The Labute approximate surface area is 385 Å². The van der Waals surface area contributed by atoms with Gasteiger partial charge in [0, 0.05) is 12.8 Å². The van der Waals surface area contributed by atoms with Crippen LogP contribution in [0.3, 0.4) is 0 Å². The normalized spacial score (nSPS) is 14.0. The molecule has 0 aromatic rings. The van der Waals surface area contributed by atoms with Crippen LogP contribution in [0.5, 0.6) is 0 Å². The molecule has 0 fully saturated rings. The van der Waals surface area contributed by atoms with Crippen molar-refractivity contribution in [2.45, 2.75) is 244 Å². The average Bonchev–Trinajstić information content (AvgIpc) is 3.27. The van der Waals surface area contributed by atoms with Crippen LogP contribution in [0.25, 0.3) is 0 Å². The number of carbonyl (C=O) groups is 2. The van der Waals surface area contributed by atoms with E-state index < -0.39 is 51.8 Å². The van der Waals surface area contributed by atoms with Crippen molar-refractivity contribution in [2.75, 3.05) is 26.4 Å². The minimum atomic E-state index is -4.63. The summed E-state index contributed by atoms with van der Waals surface area (Å²) in [4.78, 5) is 35.1. The molecule has 0 heterocycles. The third-order valence-electron chi connectivity index (χ3n) is 11.0. The second-order valence-corrected chi connectivity index (χ2v) is 18.7. The molecule has 0 amide bonds. The highest BCUT2D eigenvalue weighted by Crippen LogP contribution is 2.43. The molecule has 0 bridgehead atoms. The van der Waals surface area contributed by atoms with Gasteiger partial charge in [-0.3, -0.25) is 18.6 Å². The largest absolute Gasteiger partial charge is 0.472 e. The fourth-order valence-corrected chi connectivity index (χ4v) is 7.83. The maximum absolute atomic E-state index is 12.7. The monoisotopic (exact) mass is 911 g/mol. The maximum Gasteiger partial charge on any atom is 0.472 e. The number of unbranched alkanes of at least 4 members (excludes halogenated alkanes) is 26. The van der Waals surface area contributed by atoms with Gasteiger partial charge in [0.15, 0.2) is 6.10 Å². The third kappa shape index (κ3) is 47.7. The molecule has 1 unspecified atom stereocenters. The summed E-state index contributed by atoms with van der Waals surface area (Å²) in [7, 11) is -4.63. The minimum Gasteiger partial charge on any atom is -0.462 e. The molecule has 0 aromatic carbocycles. The highest BCUT2D eigenvalue weighted by Gasteiger charge is 2.27. The van der Waals surface area contributed by atoms with Crippen molar-refractivity contribution < 1.29 is 47.8 Å². The van der Waals surface area contributed by atoms with Gasteiger partial charge in [-0.05, 0) is 51.4 Å². The van der Waals surface area contributed by atoms with Gasteiger partial charge in [-0.2, -0.15) is 0 Å². The average molecular weight is 911 g/mol. The summed E-state index contributed by atoms with van der Waals surface area (Å²) in [5.74, 6) is -0.953. The summed E-state index contributed by atoms with van der Waals surface area (Å²) in [5, 5.41) is 18.4. The van der Waals surface area contributed by atoms with Gasteiger partial charge in [0.1, 0.15) is 12.7 Å². The maximum atomic E-state index is 12.7. The Morgan fingerprint density at radius 2 is 0.857 bits per heavy atom. The Morgan fingerprint density at radius 3 is 1.30 bits per heavy atom. The summed E-state index contributed by atoms with van der Waals surface area (Å²) in [5.41, 5.74) is 0. The molecule has 0 aliphatic rings. The van der Waals surface area contributed by atoms with Gasteiger partial charge in [0.05, 0.1) is 19.8 Å². The number of hydrogen-bond acceptors (Lipinski definition) is 9. The lowest BCUT2D eigenvalue weighted by atomic mass is 10.0. The Hall–Kier alpha value is -2.07. The van der Waals surface area contributed by atoms with Gasteiger partial charge < -0.3 is 24.6 Å². The van der Waals surface area contributed by atoms with E-state index in [1.807, 2.05) is 0 Å². The number of esters is 2. The first-order valence-corrected chi connectivity index (χ1v) is 27.1. The van der Waals surface area contributed by atoms with Gasteiger partial charge in [0.25, 0.3) is 0 Å². The van der Waals surface area contributed by atoms with Gasteiger partial charge in [-0.25, -0.2) is 4.57 Å². The molecule has 0 aromatic heterocycles. The number of aliphatic hydroxyl groups is 2. The van der Waals surface area contributed by atoms with Gasteiger partial charge >= 0.3 is 19.8 Å². The highest BCUT2D eigenvalue weighted by molar-refractivity contribution is 7.47. The van der Waals surface area contributed by atoms with Crippen molar-refractivity contribution in [1.82, 2.24) is 0 Å². The predicted molar refractivity (Wildman–Crippen MR) is 261 cm³/mol. The molecule has 3 atom stereocenters. The van der Waals surface area contributed by atoms with Crippen LogP contribution in [-0.2, 0) is 32.7 Å². The molecule has 10 nitrogen and oxygen atoms in total. The van der Waals surface area contributed by atoms with Crippen LogP contribution >= 0.6 is 7.82 Å². The molecule has 0 aliphatic heterocycles. The van der Waals surface area contributed by atoms with Crippen LogP contribution in [0.2, 0.25) is 0 Å². The fraction of sp³-hybridized carbons (Fsp3) is 0.808. The Bertz CT molecular complexity index is 1190. The van der Waals surface area contributed by atoms with Crippen LogP contribution in [0.15, 0.2) is 48.6 Å². The van der Waals surface area contributed by atoms with Gasteiger partial charge in [-0.1, -0.05) is 217 Å². The third-order valence-corrected chi connectivity index (χ3v) is 11.9. The lowest BCUT2D eigenvalue weighted by molar-refractivity contribution is -0.161. The second-order valence-electron chi connectivity index (χ2n) is 17.2. The molecule has 0 spiro atoms. The first kappa shape index (κ1) is 60.9. The second kappa shape index (κ2) is 47.9. The summed E-state index contributed by atoms with van der Waals surface area (Å²) in [6.45, 7) is 2.31. The Kier molecular flexibility index (Phi) is 46.3. The van der Waals surface area contributed by atoms with E-state index in [1.165, 1.54) is 128 Å². The molecule has 63 heavy (non-hydrogen) atoms. The highest BCUT2D eigenvalue weighted by atomic mass is 31.2. The quantitative estimate of drug-likeness (QED) is 0.0233. The summed E-state index contributed by atoms with van der Waals surface area (Å²) >= 11 is 0. The Morgan fingerprint density at radius 1 is 0.476 bits per heavy atom. The number of aliphatic hydroxyl groups excluding tert-OH is 2. The number of phosphoric ester groups is 1. The first-order chi connectivity index (χ1) is 30.7. The molecule has 0 rings (SSSR count). The molecule has 11 heteroatoms. The topological polar surface area (TPSA) is 149 Å². The number of ether oxygens (including phenoxy) is 2. The zero-order chi connectivity index (χ0) is 46.2. The van der Waals surface area contributed by atoms with Crippen LogP contribution < -0.4 is 0 Å². The number of phosphoric acid groups is 1. The van der Waals surface area contributed by atoms with Crippen molar-refractivity contribution >= 4 is 19.8 Å². The van der Waals surface area contributed by atoms with E-state index in [-0.39, 0.29) is 19.4 Å². The molecular formula is C52H95O10P. The van der Waals surface area contributed by atoms with Crippen LogP contribution in [0.4, 0.5) is 0 Å². The molecule has 0 saturated carbocycles. The standard InChI is InChI=1S/C52H95O10P/c1-3-5-7-9-11-13-15-17-19-21-22-23-24-25-26-28-30-32-34-36-38-40-42-44-52(56)62-50(48-61-63(57,58)60-46-49(54)45-53)47-59-51(55)43-41-39-37-35-33-31-29-27-20-18-16-14-12-10-8-6-4-2/h8,10,14,16,20,27,31,33,49-50,53-54H,3-7,9,11-13,15,17-19,21-26,28-30,32,34-48H2,1-2H3,(H,57,58)/b10-8+,16-14+,27-20+,33-31+/t49-,50+/m0/s1. The van der Waals surface area contributed by atoms with Gasteiger partial charge in [-0.15, -0.1) is 0 Å². The fourth-order valence-electron chi connectivity index (χ4n) is 7.05. The Balaban J connectivity index is 4.18. The van der Waals surface area contributed by atoms with E-state index in [4.69, 9.17) is 23.6 Å². The van der Waals surface area contributed by atoms with E-state index in [1.54, 1.807) is 0 Å². The molecule has 0 radical (unpaired) electrons. The van der Waals surface area contributed by atoms with Crippen LogP contribution in [-0.4, -0.2) is 65.7 Å². The smallest absolute Gasteiger partial charge is 0.462 e. The molecular weight excluding hydrogens is 816 g/mol. The predicted octanol–water partition coefficient (Wildman–Crippen LogP) is 14.5. The van der Waals surface area contributed by atoms with Crippen LogP contribution in [0.1, 0.15) is 232 Å². The van der Waals surface area contributed by atoms with E-state index in [9.17, 15) is 24.2 Å². The van der Waals surface area contributed by atoms with Crippen molar-refractivity contribution in [2.24, 2.45) is 0 Å². The van der Waals surface area contributed by atoms with Gasteiger partial charge in [0.2, 0.25) is 0 Å². The SMILES string of the molecule is CCC/C=C/C/C=C/C/C=C/C/C=C/CCCCCC(=O)OC[C@H](COP(=O)(O)OC[C@@H](O)CO)OC(=O)CCCCCCCCCCCCCCCCCCCCCCCCC. The minimum absolute atomic E-state index is 0.180. The van der Waals surface area contributed by atoms with E-state index in [0.29, 0.717) is 12.8 Å². The van der Waals surface area contributed by atoms with Crippen molar-refractivity contribution in [1.29, 1.82) is 0 Å². The zero-order valence-electron chi connectivity index (χ0n) is 40.3. The number of carbonyl (C=O) groups excluding carboxylic acids is 2. The van der Waals surface area contributed by atoms with E-state index in [0.717, 1.165) is 64.2 Å². The summed E-state index contributed by atoms with van der Waals surface area (Å²) in [6.07, 6.45) is 53.7. The lowest BCUT2D eigenvalue weighted by Crippen LogP contribution is -2.29. The van der Waals surface area contributed by atoms with Crippen LogP contribution in [0, 0.1) is 0 Å². The first-order valence-electron chi connectivity index (χ1n) is 25.6. The number of rotatable bonds is 48. The number of allylic oxidation sites excluding steroid dienone is 8. The van der Waals surface area contributed by atoms with Crippen molar-refractivity contribution in [3.63, 3.8) is 0 Å². The molecule has 3 N–H and O–H groups in total. The van der Waals surface area contributed by atoms with E-state index >= 15 is 0 Å². The molecule has 0 saturated heterocycles. The van der Waals surface area contributed by atoms with Crippen molar-refractivity contribution in [3.05, 3.63) is 48.6 Å². The molecule has 0 aliphatic carbocycles. The lowest BCUT2D eigenvalue weighted by Gasteiger charge is -2.20. The zero-order valence-corrected chi connectivity index (χ0v) is 41.2. The number of hydrogen-bond donors (Lipinski definition) is 3. The molecule has 368 valence electrons. The summed E-state index contributed by atoms with van der Waals surface area (Å²) in [6, 6.07) is 0. The van der Waals surface area contributed by atoms with Crippen molar-refractivity contribution in [3.8, 4) is 0 Å². The van der Waals surface area contributed by atoms with E-state index in [2.05, 4.69) is 62.5 Å².